The van der Waals surface area contributed by atoms with Crippen molar-refractivity contribution in [2.24, 2.45) is 0 Å². The molecular weight excluding hydrogens is 266 g/mol. The zero-order chi connectivity index (χ0) is 12.1. The predicted octanol–water partition coefficient (Wildman–Crippen LogP) is 3.13. The number of hydrogen-bond donors (Lipinski definition) is 1. The monoisotopic (exact) mass is 283 g/mol. The van der Waals surface area contributed by atoms with Gasteiger partial charge in [-0.25, -0.2) is 0 Å². The van der Waals surface area contributed by atoms with E-state index in [1.54, 1.807) is 6.92 Å². The van der Waals surface area contributed by atoms with E-state index in [4.69, 9.17) is 0 Å². The Morgan fingerprint density at radius 1 is 1.39 bits per heavy atom. The third-order valence-corrected chi connectivity index (χ3v) is 3.94. The highest BCUT2D eigenvalue weighted by Crippen LogP contribution is 2.26. The van der Waals surface area contributed by atoms with Crippen LogP contribution in [0.25, 0.3) is 6.08 Å². The lowest BCUT2D eigenvalue weighted by atomic mass is 10.0. The van der Waals surface area contributed by atoms with Crippen molar-refractivity contribution in [1.29, 1.82) is 0 Å². The maximum Gasteiger partial charge on any atom is 0.186 e. The Labute approximate surface area is 119 Å². The molecule has 2 nitrogen and oxygen atoms in total. The van der Waals surface area contributed by atoms with Crippen LogP contribution in [-0.2, 0) is 4.79 Å². The van der Waals surface area contributed by atoms with Gasteiger partial charge in [-0.2, -0.15) is 0 Å². The average Bonchev–Trinajstić information content (AvgIpc) is 2.32. The van der Waals surface area contributed by atoms with Gasteiger partial charge in [0.1, 0.15) is 0 Å². The summed E-state index contributed by atoms with van der Waals surface area (Å²) in [6, 6.07) is 10.3. The summed E-state index contributed by atoms with van der Waals surface area (Å²) in [4.78, 5) is 11.2. The molecule has 1 N–H and O–H groups in total. The molecule has 4 heteroatoms. The highest BCUT2D eigenvalue weighted by Gasteiger charge is 2.20. The molecule has 0 aliphatic carbocycles. The third kappa shape index (κ3) is 4.48. The van der Waals surface area contributed by atoms with E-state index in [-0.39, 0.29) is 17.5 Å². The van der Waals surface area contributed by atoms with E-state index in [0.717, 1.165) is 19.5 Å². The predicted molar refractivity (Wildman–Crippen MR) is 81.2 cm³/mol. The molecule has 18 heavy (non-hydrogen) atoms. The van der Waals surface area contributed by atoms with Gasteiger partial charge in [-0.05, 0) is 24.1 Å². The summed E-state index contributed by atoms with van der Waals surface area (Å²) < 4.78 is 0. The molecule has 1 aliphatic rings. The second-order valence-electron chi connectivity index (χ2n) is 4.19. The summed E-state index contributed by atoms with van der Waals surface area (Å²) in [6.45, 7) is 3.53. The van der Waals surface area contributed by atoms with Crippen LogP contribution < -0.4 is 5.32 Å². The molecule has 1 aliphatic heterocycles. The summed E-state index contributed by atoms with van der Waals surface area (Å²) in [5.41, 5.74) is 2.53. The van der Waals surface area contributed by atoms with E-state index in [0.29, 0.717) is 5.25 Å². The largest absolute Gasteiger partial charge is 0.313 e. The molecule has 0 amide bonds. The molecule has 0 spiro atoms. The Morgan fingerprint density at radius 2 is 2.11 bits per heavy atom. The second-order valence-corrected chi connectivity index (χ2v) is 5.57. The second kappa shape index (κ2) is 7.62. The minimum absolute atomic E-state index is 0. The van der Waals surface area contributed by atoms with Gasteiger partial charge < -0.3 is 5.32 Å². The lowest BCUT2D eigenvalue weighted by Gasteiger charge is -2.25. The fourth-order valence-electron chi connectivity index (χ4n) is 2.01. The van der Waals surface area contributed by atoms with E-state index in [1.165, 1.54) is 22.9 Å². The molecule has 1 unspecified atom stereocenters. The van der Waals surface area contributed by atoms with Crippen LogP contribution in [0.4, 0.5) is 0 Å². The number of piperidine rings is 1. The molecule has 0 bridgehead atoms. The number of benzene rings is 1. The van der Waals surface area contributed by atoms with Crippen LogP contribution in [0, 0.1) is 0 Å². The molecule has 0 radical (unpaired) electrons. The van der Waals surface area contributed by atoms with Gasteiger partial charge in [0.25, 0.3) is 0 Å². The molecule has 2 rings (SSSR count). The smallest absolute Gasteiger partial charge is 0.186 e. The average molecular weight is 284 g/mol. The van der Waals surface area contributed by atoms with E-state index in [9.17, 15) is 4.79 Å². The Kier molecular flexibility index (Phi) is 6.47. The zero-order valence-electron chi connectivity index (χ0n) is 10.4. The first-order valence-corrected chi connectivity index (χ1v) is 6.77. The van der Waals surface area contributed by atoms with Crippen LogP contribution >= 0.6 is 24.2 Å². The van der Waals surface area contributed by atoms with Gasteiger partial charge in [0.2, 0.25) is 0 Å². The summed E-state index contributed by atoms with van der Waals surface area (Å²) in [6.07, 6.45) is 3.23. The topological polar surface area (TPSA) is 29.1 Å². The lowest BCUT2D eigenvalue weighted by molar-refractivity contribution is -0.109. The van der Waals surface area contributed by atoms with Crippen LogP contribution in [0.2, 0.25) is 0 Å². The normalized spacial score (nSPS) is 21.4. The van der Waals surface area contributed by atoms with Gasteiger partial charge >= 0.3 is 0 Å². The van der Waals surface area contributed by atoms with E-state index in [1.807, 2.05) is 18.2 Å². The number of halogens is 1. The minimum Gasteiger partial charge on any atom is -0.313 e. The molecule has 1 heterocycles. The highest BCUT2D eigenvalue weighted by atomic mass is 35.5. The van der Waals surface area contributed by atoms with Gasteiger partial charge in [0.15, 0.2) is 5.12 Å². The summed E-state index contributed by atoms with van der Waals surface area (Å²) in [7, 11) is 0. The molecule has 1 aromatic rings. The summed E-state index contributed by atoms with van der Waals surface area (Å²) in [5, 5.41) is 3.91. The SMILES string of the molecule is CC(=O)SC1CCNC/C1=C\c1ccccc1.Cl. The van der Waals surface area contributed by atoms with Crippen molar-refractivity contribution in [3.05, 3.63) is 41.5 Å². The Balaban J connectivity index is 0.00000162. The van der Waals surface area contributed by atoms with Gasteiger partial charge in [-0.1, -0.05) is 48.2 Å². The van der Waals surface area contributed by atoms with E-state index < -0.39 is 0 Å². The van der Waals surface area contributed by atoms with Crippen molar-refractivity contribution in [3.63, 3.8) is 0 Å². The third-order valence-electron chi connectivity index (χ3n) is 2.79. The first-order valence-electron chi connectivity index (χ1n) is 5.89. The minimum atomic E-state index is 0. The molecule has 1 aromatic carbocycles. The molecule has 1 fully saturated rings. The van der Waals surface area contributed by atoms with Crippen LogP contribution in [0.1, 0.15) is 18.9 Å². The number of rotatable bonds is 2. The maximum atomic E-state index is 11.2. The van der Waals surface area contributed by atoms with Gasteiger partial charge in [0, 0.05) is 18.7 Å². The number of hydrogen-bond acceptors (Lipinski definition) is 3. The zero-order valence-corrected chi connectivity index (χ0v) is 12.0. The van der Waals surface area contributed by atoms with Crippen molar-refractivity contribution in [2.45, 2.75) is 18.6 Å². The van der Waals surface area contributed by atoms with E-state index >= 15 is 0 Å². The first kappa shape index (κ1) is 15.3. The van der Waals surface area contributed by atoms with Crippen LogP contribution in [0.5, 0.6) is 0 Å². The van der Waals surface area contributed by atoms with Gasteiger partial charge in [-0.3, -0.25) is 4.79 Å². The molecule has 0 aromatic heterocycles. The Morgan fingerprint density at radius 3 is 2.78 bits per heavy atom. The van der Waals surface area contributed by atoms with Crippen molar-refractivity contribution in [1.82, 2.24) is 5.32 Å². The fourth-order valence-corrected chi connectivity index (χ4v) is 2.95. The molecule has 0 saturated carbocycles. The number of nitrogens with one attached hydrogen (secondary N) is 1. The van der Waals surface area contributed by atoms with Crippen molar-refractivity contribution in [3.8, 4) is 0 Å². The van der Waals surface area contributed by atoms with Crippen LogP contribution in [0.15, 0.2) is 35.9 Å². The number of thioether (sulfide) groups is 1. The van der Waals surface area contributed by atoms with Crippen LogP contribution in [0.3, 0.4) is 0 Å². The molecular formula is C14H18ClNOS. The molecule has 1 saturated heterocycles. The lowest BCUT2D eigenvalue weighted by Crippen LogP contribution is -2.32. The van der Waals surface area contributed by atoms with Crippen molar-refractivity contribution in [2.75, 3.05) is 13.1 Å². The highest BCUT2D eigenvalue weighted by molar-refractivity contribution is 8.14. The van der Waals surface area contributed by atoms with Crippen molar-refractivity contribution >= 4 is 35.4 Å². The van der Waals surface area contributed by atoms with Crippen LogP contribution in [-0.4, -0.2) is 23.5 Å². The summed E-state index contributed by atoms with van der Waals surface area (Å²) in [5.74, 6) is 0. The van der Waals surface area contributed by atoms with E-state index in [2.05, 4.69) is 23.5 Å². The quantitative estimate of drug-likeness (QED) is 0.904. The first-order chi connectivity index (χ1) is 8.25. The summed E-state index contributed by atoms with van der Waals surface area (Å²) >= 11 is 1.46. The molecule has 98 valence electrons. The van der Waals surface area contributed by atoms with Crippen molar-refractivity contribution < 1.29 is 4.79 Å². The molecule has 1 atom stereocenters. The maximum absolute atomic E-state index is 11.2. The van der Waals surface area contributed by atoms with Gasteiger partial charge in [0.05, 0.1) is 0 Å². The Bertz CT molecular complexity index is 419. The Hall–Kier alpha value is -0.770. The fraction of sp³-hybridized carbons (Fsp3) is 0.357. The number of carbonyl (C=O) groups is 1. The van der Waals surface area contributed by atoms with Gasteiger partial charge in [-0.15, -0.1) is 12.4 Å². The standard InChI is InChI=1S/C14H17NOS.ClH/c1-11(16)17-14-7-8-15-10-13(14)9-12-5-3-2-4-6-12;/h2-6,9,14-15H,7-8,10H2,1H3;1H/b13-9+;. The number of carbonyl (C=O) groups excluding carboxylic acids is 1.